The fourth-order valence-electron chi connectivity index (χ4n) is 3.67. The van der Waals surface area contributed by atoms with E-state index in [2.05, 4.69) is 20.8 Å². The van der Waals surface area contributed by atoms with Crippen LogP contribution in [0.4, 0.5) is 5.69 Å². The van der Waals surface area contributed by atoms with E-state index in [1.54, 1.807) is 17.9 Å². The van der Waals surface area contributed by atoms with Crippen LogP contribution in [0.1, 0.15) is 29.4 Å². The Balaban J connectivity index is 1.34. The van der Waals surface area contributed by atoms with Gasteiger partial charge in [0.1, 0.15) is 6.04 Å². The molecule has 0 spiro atoms. The number of nitrogens with one attached hydrogen (secondary N) is 3. The molecular weight excluding hydrogens is 382 g/mol. The normalized spacial score (nSPS) is 14.1. The molecule has 8 heteroatoms. The van der Waals surface area contributed by atoms with Crippen LogP contribution in [0.2, 0.25) is 0 Å². The number of fused-ring (bicyclic) bond motifs is 2. The molecule has 1 aromatic heterocycles. The second-order valence-electron chi connectivity index (χ2n) is 7.31. The maximum absolute atomic E-state index is 12.7. The van der Waals surface area contributed by atoms with Gasteiger partial charge in [-0.15, -0.1) is 0 Å². The van der Waals surface area contributed by atoms with E-state index >= 15 is 0 Å². The summed E-state index contributed by atoms with van der Waals surface area (Å²) in [6.45, 7) is 2.08. The molecule has 1 unspecified atom stereocenters. The van der Waals surface area contributed by atoms with Gasteiger partial charge in [0, 0.05) is 17.6 Å². The molecule has 0 bridgehead atoms. The van der Waals surface area contributed by atoms with Gasteiger partial charge in [-0.2, -0.15) is 5.10 Å². The lowest BCUT2D eigenvalue weighted by molar-refractivity contribution is -0.126. The van der Waals surface area contributed by atoms with E-state index in [4.69, 9.17) is 0 Å². The SMILES string of the molecule is CC(NC(=O)c1n[nH]c2ccccc12)C(=O)NCC(=O)N1CCCc2ccccc21. The Bertz CT molecular complexity index is 1110. The van der Waals surface area contributed by atoms with Crippen LogP contribution < -0.4 is 15.5 Å². The minimum Gasteiger partial charge on any atom is -0.345 e. The summed E-state index contributed by atoms with van der Waals surface area (Å²) in [5.41, 5.74) is 3.00. The van der Waals surface area contributed by atoms with Crippen LogP contribution in [0.25, 0.3) is 10.9 Å². The van der Waals surface area contributed by atoms with Gasteiger partial charge < -0.3 is 15.5 Å². The molecule has 154 valence electrons. The molecule has 1 aliphatic heterocycles. The van der Waals surface area contributed by atoms with Gasteiger partial charge in [0.05, 0.1) is 12.1 Å². The van der Waals surface area contributed by atoms with E-state index in [9.17, 15) is 14.4 Å². The Morgan fingerprint density at radius 3 is 2.77 bits per heavy atom. The number of anilines is 1. The number of carbonyl (C=O) groups excluding carboxylic acids is 3. The standard InChI is InChI=1S/C22H23N5O3/c1-14(24-22(30)20-16-9-3-4-10-17(16)25-26-20)21(29)23-13-19(28)27-12-6-8-15-7-2-5-11-18(15)27/h2-5,7,9-11,14H,6,8,12-13H2,1H3,(H,23,29)(H,24,30)(H,25,26). The quantitative estimate of drug-likeness (QED) is 0.601. The van der Waals surface area contributed by atoms with Crippen molar-refractivity contribution < 1.29 is 14.4 Å². The molecule has 1 atom stereocenters. The number of hydrogen-bond donors (Lipinski definition) is 3. The van der Waals surface area contributed by atoms with E-state index in [1.165, 1.54) is 0 Å². The van der Waals surface area contributed by atoms with Gasteiger partial charge in [0.15, 0.2) is 5.69 Å². The minimum absolute atomic E-state index is 0.126. The first-order valence-electron chi connectivity index (χ1n) is 9.94. The molecule has 3 aromatic rings. The van der Waals surface area contributed by atoms with Gasteiger partial charge in [-0.3, -0.25) is 19.5 Å². The molecule has 30 heavy (non-hydrogen) atoms. The highest BCUT2D eigenvalue weighted by molar-refractivity contribution is 6.06. The molecule has 4 rings (SSSR count). The smallest absolute Gasteiger partial charge is 0.273 e. The lowest BCUT2D eigenvalue weighted by Crippen LogP contribution is -2.49. The molecule has 3 amide bonds. The Morgan fingerprint density at radius 2 is 1.90 bits per heavy atom. The fraction of sp³-hybridized carbons (Fsp3) is 0.273. The summed E-state index contributed by atoms with van der Waals surface area (Å²) in [5.74, 6) is -1.06. The Hall–Kier alpha value is -3.68. The van der Waals surface area contributed by atoms with Crippen molar-refractivity contribution in [2.45, 2.75) is 25.8 Å². The predicted molar refractivity (Wildman–Crippen MR) is 113 cm³/mol. The van der Waals surface area contributed by atoms with Crippen LogP contribution in [0.15, 0.2) is 48.5 Å². The number of hydrogen-bond acceptors (Lipinski definition) is 4. The lowest BCUT2D eigenvalue weighted by Gasteiger charge is -2.29. The molecule has 0 radical (unpaired) electrons. The number of para-hydroxylation sites is 2. The molecule has 2 heterocycles. The fourth-order valence-corrected chi connectivity index (χ4v) is 3.67. The van der Waals surface area contributed by atoms with Gasteiger partial charge in [0.2, 0.25) is 11.8 Å². The van der Waals surface area contributed by atoms with Crippen molar-refractivity contribution in [3.05, 3.63) is 59.8 Å². The zero-order valence-electron chi connectivity index (χ0n) is 16.6. The number of carbonyl (C=O) groups is 3. The second-order valence-corrected chi connectivity index (χ2v) is 7.31. The second kappa shape index (κ2) is 8.36. The molecular formula is C22H23N5O3. The molecule has 2 aromatic carbocycles. The average molecular weight is 405 g/mol. The zero-order chi connectivity index (χ0) is 21.1. The number of aromatic nitrogens is 2. The molecule has 1 aliphatic rings. The van der Waals surface area contributed by atoms with Crippen molar-refractivity contribution in [3.8, 4) is 0 Å². The maximum Gasteiger partial charge on any atom is 0.273 e. The summed E-state index contributed by atoms with van der Waals surface area (Å²) in [6, 6.07) is 14.3. The molecule has 3 N–H and O–H groups in total. The highest BCUT2D eigenvalue weighted by Crippen LogP contribution is 2.26. The molecule has 0 fully saturated rings. The highest BCUT2D eigenvalue weighted by atomic mass is 16.2. The van der Waals surface area contributed by atoms with E-state index in [-0.39, 0.29) is 18.1 Å². The first-order chi connectivity index (χ1) is 14.5. The number of benzene rings is 2. The van der Waals surface area contributed by atoms with E-state index in [0.29, 0.717) is 11.9 Å². The van der Waals surface area contributed by atoms with Crippen molar-refractivity contribution in [2.75, 3.05) is 18.0 Å². The monoisotopic (exact) mass is 405 g/mol. The maximum atomic E-state index is 12.7. The van der Waals surface area contributed by atoms with Gasteiger partial charge >= 0.3 is 0 Å². The van der Waals surface area contributed by atoms with Gasteiger partial charge in [0.25, 0.3) is 5.91 Å². The first-order valence-corrected chi connectivity index (χ1v) is 9.94. The predicted octanol–water partition coefficient (Wildman–Crippen LogP) is 1.78. The first kappa shape index (κ1) is 19.6. The zero-order valence-corrected chi connectivity index (χ0v) is 16.6. The largest absolute Gasteiger partial charge is 0.345 e. The molecule has 8 nitrogen and oxygen atoms in total. The summed E-state index contributed by atoms with van der Waals surface area (Å²) in [4.78, 5) is 39.3. The van der Waals surface area contributed by atoms with Crippen LogP contribution in [0.3, 0.4) is 0 Å². The lowest BCUT2D eigenvalue weighted by atomic mass is 10.0. The number of amides is 3. The third kappa shape index (κ3) is 3.89. The number of aryl methyl sites for hydroxylation is 1. The van der Waals surface area contributed by atoms with Crippen LogP contribution in [0.5, 0.6) is 0 Å². The van der Waals surface area contributed by atoms with E-state index < -0.39 is 17.9 Å². The number of H-pyrrole nitrogens is 1. The minimum atomic E-state index is -0.811. The number of aromatic amines is 1. The summed E-state index contributed by atoms with van der Waals surface area (Å²) in [5, 5.41) is 12.8. The Kier molecular flexibility index (Phi) is 5.47. The summed E-state index contributed by atoms with van der Waals surface area (Å²) < 4.78 is 0. The van der Waals surface area contributed by atoms with E-state index in [0.717, 1.165) is 29.6 Å². The van der Waals surface area contributed by atoms with Crippen molar-refractivity contribution in [2.24, 2.45) is 0 Å². The van der Waals surface area contributed by atoms with Crippen LogP contribution in [0, 0.1) is 0 Å². The number of rotatable bonds is 5. The third-order valence-electron chi connectivity index (χ3n) is 5.25. The van der Waals surface area contributed by atoms with E-state index in [1.807, 2.05) is 42.5 Å². The van der Waals surface area contributed by atoms with Crippen LogP contribution in [-0.4, -0.2) is 47.1 Å². The van der Waals surface area contributed by atoms with Crippen molar-refractivity contribution in [1.29, 1.82) is 0 Å². The number of nitrogens with zero attached hydrogens (tertiary/aromatic N) is 2. The molecule has 0 saturated heterocycles. The Morgan fingerprint density at radius 1 is 1.13 bits per heavy atom. The van der Waals surface area contributed by atoms with Gasteiger partial charge in [-0.05, 0) is 37.5 Å². The van der Waals surface area contributed by atoms with Crippen molar-refractivity contribution >= 4 is 34.3 Å². The summed E-state index contributed by atoms with van der Waals surface area (Å²) in [7, 11) is 0. The average Bonchev–Trinajstić information content (AvgIpc) is 3.21. The summed E-state index contributed by atoms with van der Waals surface area (Å²) in [6.07, 6.45) is 1.83. The topological polar surface area (TPSA) is 107 Å². The summed E-state index contributed by atoms with van der Waals surface area (Å²) >= 11 is 0. The molecule has 0 aliphatic carbocycles. The van der Waals surface area contributed by atoms with Gasteiger partial charge in [-0.1, -0.05) is 36.4 Å². The molecule has 0 saturated carbocycles. The van der Waals surface area contributed by atoms with Crippen LogP contribution >= 0.6 is 0 Å². The highest BCUT2D eigenvalue weighted by Gasteiger charge is 2.24. The third-order valence-corrected chi connectivity index (χ3v) is 5.25. The van der Waals surface area contributed by atoms with Crippen LogP contribution in [-0.2, 0) is 16.0 Å². The Labute approximate surface area is 173 Å². The van der Waals surface area contributed by atoms with Crippen molar-refractivity contribution in [1.82, 2.24) is 20.8 Å². The van der Waals surface area contributed by atoms with Gasteiger partial charge in [-0.25, -0.2) is 0 Å². The van der Waals surface area contributed by atoms with Crippen molar-refractivity contribution in [3.63, 3.8) is 0 Å².